The molecule has 1 saturated heterocycles. The fourth-order valence-corrected chi connectivity index (χ4v) is 3.47. The Hall–Kier alpha value is -2.43. The molecule has 0 aliphatic carbocycles. The van der Waals surface area contributed by atoms with Crippen LogP contribution in [0.15, 0.2) is 46.0 Å². The first kappa shape index (κ1) is 24.8. The van der Waals surface area contributed by atoms with Crippen LogP contribution in [0.3, 0.4) is 0 Å². The van der Waals surface area contributed by atoms with Gasteiger partial charge in [-0.05, 0) is 38.5 Å². The highest BCUT2D eigenvalue weighted by Crippen LogP contribution is 2.27. The molecule has 1 aliphatic rings. The Bertz CT molecular complexity index is 862. The second-order valence-corrected chi connectivity index (χ2v) is 7.24. The van der Waals surface area contributed by atoms with E-state index in [0.717, 1.165) is 56.4 Å². The van der Waals surface area contributed by atoms with Crippen LogP contribution >= 0.6 is 24.0 Å². The van der Waals surface area contributed by atoms with Crippen LogP contribution in [0.4, 0.5) is 5.69 Å². The van der Waals surface area contributed by atoms with Crippen LogP contribution in [0.1, 0.15) is 29.5 Å². The number of phenols is 1. The molecular weight excluding hydrogens is 509 g/mol. The van der Waals surface area contributed by atoms with Crippen LogP contribution < -0.4 is 15.5 Å². The molecule has 9 heteroatoms. The van der Waals surface area contributed by atoms with Gasteiger partial charge in [0.1, 0.15) is 5.75 Å². The van der Waals surface area contributed by atoms with E-state index in [0.29, 0.717) is 24.6 Å². The summed E-state index contributed by atoms with van der Waals surface area (Å²) in [4.78, 5) is 21.2. The number of hydrogen-bond donors (Lipinski definition) is 3. The molecule has 8 nitrogen and oxygen atoms in total. The van der Waals surface area contributed by atoms with Crippen molar-refractivity contribution >= 4 is 41.5 Å². The van der Waals surface area contributed by atoms with Gasteiger partial charge in [-0.15, -0.1) is 24.0 Å². The van der Waals surface area contributed by atoms with Crippen LogP contribution in [0.5, 0.6) is 5.75 Å². The SMILES string of the molecule is CCNC(=NCCCNC(=O)c1occc1C)N1CCN(c2ccccc2O)CC1.I. The number of para-hydroxylation sites is 2. The first-order valence-electron chi connectivity index (χ1n) is 10.5. The number of halogens is 1. The number of carbonyl (C=O) groups excluding carboxylic acids is 1. The summed E-state index contributed by atoms with van der Waals surface area (Å²) in [5, 5.41) is 16.3. The van der Waals surface area contributed by atoms with Gasteiger partial charge in [-0.3, -0.25) is 9.79 Å². The highest BCUT2D eigenvalue weighted by atomic mass is 127. The van der Waals surface area contributed by atoms with Gasteiger partial charge < -0.3 is 30.0 Å². The summed E-state index contributed by atoms with van der Waals surface area (Å²) in [5.74, 6) is 1.39. The zero-order valence-corrected chi connectivity index (χ0v) is 20.5. The average Bonchev–Trinajstić information content (AvgIpc) is 3.19. The van der Waals surface area contributed by atoms with Crippen molar-refractivity contribution in [2.75, 3.05) is 50.7 Å². The number of benzene rings is 1. The van der Waals surface area contributed by atoms with Gasteiger partial charge >= 0.3 is 0 Å². The van der Waals surface area contributed by atoms with Crippen molar-refractivity contribution in [3.63, 3.8) is 0 Å². The first-order valence-corrected chi connectivity index (χ1v) is 10.5. The number of nitrogens with zero attached hydrogens (tertiary/aromatic N) is 3. The number of phenolic OH excluding ortho intramolecular Hbond substituents is 1. The Morgan fingerprint density at radius 2 is 1.90 bits per heavy atom. The number of hydrogen-bond acceptors (Lipinski definition) is 5. The molecule has 0 saturated carbocycles. The number of aliphatic imine (C=N–C) groups is 1. The van der Waals surface area contributed by atoms with E-state index >= 15 is 0 Å². The van der Waals surface area contributed by atoms with E-state index in [1.165, 1.54) is 6.26 Å². The second kappa shape index (κ2) is 12.4. The van der Waals surface area contributed by atoms with Gasteiger partial charge in [-0.2, -0.15) is 0 Å². The largest absolute Gasteiger partial charge is 0.506 e. The van der Waals surface area contributed by atoms with Crippen molar-refractivity contribution in [3.8, 4) is 5.75 Å². The number of rotatable bonds is 7. The van der Waals surface area contributed by atoms with Crippen LogP contribution in [0.2, 0.25) is 0 Å². The van der Waals surface area contributed by atoms with Gasteiger partial charge in [-0.25, -0.2) is 0 Å². The van der Waals surface area contributed by atoms with Gasteiger partial charge in [0, 0.05) is 51.4 Å². The average molecular weight is 541 g/mol. The number of nitrogens with one attached hydrogen (secondary N) is 2. The minimum Gasteiger partial charge on any atom is -0.506 e. The molecule has 1 aliphatic heterocycles. The molecule has 2 aromatic rings. The Labute approximate surface area is 200 Å². The minimum absolute atomic E-state index is 0. The molecule has 3 rings (SSSR count). The van der Waals surface area contributed by atoms with Gasteiger partial charge in [-0.1, -0.05) is 12.1 Å². The molecule has 170 valence electrons. The lowest BCUT2D eigenvalue weighted by atomic mass is 10.2. The quantitative estimate of drug-likeness (QED) is 0.216. The number of aromatic hydroxyl groups is 1. The van der Waals surface area contributed by atoms with Crippen molar-refractivity contribution < 1.29 is 14.3 Å². The van der Waals surface area contributed by atoms with Crippen molar-refractivity contribution in [2.24, 2.45) is 4.99 Å². The Morgan fingerprint density at radius 1 is 1.16 bits per heavy atom. The lowest BCUT2D eigenvalue weighted by Gasteiger charge is -2.37. The number of carbonyl (C=O) groups is 1. The number of guanidine groups is 1. The zero-order chi connectivity index (χ0) is 21.3. The minimum atomic E-state index is -0.186. The molecule has 0 unspecified atom stereocenters. The predicted octanol–water partition coefficient (Wildman–Crippen LogP) is 2.82. The maximum absolute atomic E-state index is 12.1. The van der Waals surface area contributed by atoms with Gasteiger partial charge in [0.05, 0.1) is 12.0 Å². The van der Waals surface area contributed by atoms with Gasteiger partial charge in [0.15, 0.2) is 11.7 Å². The maximum atomic E-state index is 12.1. The van der Waals surface area contributed by atoms with E-state index in [9.17, 15) is 9.90 Å². The molecule has 0 atom stereocenters. The summed E-state index contributed by atoms with van der Waals surface area (Å²) in [6, 6.07) is 9.23. The summed E-state index contributed by atoms with van der Waals surface area (Å²) in [5.41, 5.74) is 1.71. The first-order chi connectivity index (χ1) is 14.6. The zero-order valence-electron chi connectivity index (χ0n) is 18.1. The molecule has 0 spiro atoms. The summed E-state index contributed by atoms with van der Waals surface area (Å²) >= 11 is 0. The van der Waals surface area contributed by atoms with Crippen LogP contribution in [-0.2, 0) is 0 Å². The lowest BCUT2D eigenvalue weighted by molar-refractivity contribution is 0.0925. The van der Waals surface area contributed by atoms with Crippen LogP contribution in [0, 0.1) is 6.92 Å². The van der Waals surface area contributed by atoms with E-state index in [2.05, 4.69) is 27.4 Å². The van der Waals surface area contributed by atoms with E-state index in [1.54, 1.807) is 12.1 Å². The number of furan rings is 1. The monoisotopic (exact) mass is 541 g/mol. The molecule has 3 N–H and O–H groups in total. The summed E-state index contributed by atoms with van der Waals surface area (Å²) in [6.45, 7) is 9.17. The maximum Gasteiger partial charge on any atom is 0.287 e. The van der Waals surface area contributed by atoms with E-state index < -0.39 is 0 Å². The van der Waals surface area contributed by atoms with Crippen molar-refractivity contribution in [1.82, 2.24) is 15.5 Å². The number of aryl methyl sites for hydroxylation is 1. The van der Waals surface area contributed by atoms with Crippen LogP contribution in [-0.4, -0.2) is 67.7 Å². The van der Waals surface area contributed by atoms with Crippen molar-refractivity contribution in [3.05, 3.63) is 47.9 Å². The number of anilines is 1. The van der Waals surface area contributed by atoms with E-state index in [-0.39, 0.29) is 29.9 Å². The van der Waals surface area contributed by atoms with E-state index in [1.807, 2.05) is 25.1 Å². The summed E-state index contributed by atoms with van der Waals surface area (Å²) < 4.78 is 5.20. The third kappa shape index (κ3) is 6.78. The Balaban J connectivity index is 0.00000341. The van der Waals surface area contributed by atoms with Gasteiger partial charge in [0.25, 0.3) is 5.91 Å². The summed E-state index contributed by atoms with van der Waals surface area (Å²) in [7, 11) is 0. The van der Waals surface area contributed by atoms with E-state index in [4.69, 9.17) is 9.41 Å². The summed E-state index contributed by atoms with van der Waals surface area (Å²) in [6.07, 6.45) is 2.27. The smallest absolute Gasteiger partial charge is 0.287 e. The molecule has 0 bridgehead atoms. The fourth-order valence-electron chi connectivity index (χ4n) is 3.47. The van der Waals surface area contributed by atoms with Crippen molar-refractivity contribution in [2.45, 2.75) is 20.3 Å². The number of amides is 1. The molecule has 1 aromatic carbocycles. The third-order valence-electron chi connectivity index (χ3n) is 5.09. The van der Waals surface area contributed by atoms with Crippen molar-refractivity contribution in [1.29, 1.82) is 0 Å². The molecule has 31 heavy (non-hydrogen) atoms. The van der Waals surface area contributed by atoms with Crippen LogP contribution in [0.25, 0.3) is 0 Å². The fraction of sp³-hybridized carbons (Fsp3) is 0.455. The molecule has 1 fully saturated rings. The Kier molecular flexibility index (Phi) is 9.96. The normalized spacial score (nSPS) is 14.2. The predicted molar refractivity (Wildman–Crippen MR) is 134 cm³/mol. The lowest BCUT2D eigenvalue weighted by Crippen LogP contribution is -2.52. The third-order valence-corrected chi connectivity index (χ3v) is 5.09. The molecular formula is C22H32IN5O3. The van der Waals surface area contributed by atoms with Gasteiger partial charge in [0.2, 0.25) is 0 Å². The Morgan fingerprint density at radius 3 is 2.55 bits per heavy atom. The molecule has 1 aromatic heterocycles. The molecule has 1 amide bonds. The topological polar surface area (TPSA) is 93.3 Å². The highest BCUT2D eigenvalue weighted by molar-refractivity contribution is 14.0. The molecule has 0 radical (unpaired) electrons. The highest BCUT2D eigenvalue weighted by Gasteiger charge is 2.21. The standard InChI is InChI=1S/C22H31N5O3.HI/c1-3-23-22(25-11-6-10-24-21(29)20-17(2)9-16-30-20)27-14-12-26(13-15-27)18-7-4-5-8-19(18)28;/h4-5,7-9,16,28H,3,6,10-15H2,1-2H3,(H,23,25)(H,24,29);1H. The number of piperazine rings is 1. The molecule has 2 heterocycles. The second-order valence-electron chi connectivity index (χ2n) is 7.24.